The van der Waals surface area contributed by atoms with Crippen LogP contribution in [0.2, 0.25) is 0 Å². The van der Waals surface area contributed by atoms with E-state index in [9.17, 15) is 26.8 Å². The minimum atomic E-state index is -2.96. The number of amides is 2. The van der Waals surface area contributed by atoms with E-state index in [0.717, 1.165) is 29.9 Å². The average molecular weight is 470 g/mol. The van der Waals surface area contributed by atoms with Gasteiger partial charge >= 0.3 is 6.09 Å². The molecule has 1 spiro atoms. The number of piperidine rings is 1. The van der Waals surface area contributed by atoms with Gasteiger partial charge in [0.15, 0.2) is 21.5 Å². The predicted octanol–water partition coefficient (Wildman–Crippen LogP) is 1.83. The zero-order chi connectivity index (χ0) is 22.7. The largest absolute Gasteiger partial charge is 0.442 e. The number of nitrogens with one attached hydrogen (secondary N) is 1. The van der Waals surface area contributed by atoms with E-state index in [2.05, 4.69) is 5.32 Å². The zero-order valence-corrected chi connectivity index (χ0v) is 18.3. The molecule has 0 aromatic heterocycles. The van der Waals surface area contributed by atoms with Gasteiger partial charge in [-0.15, -0.1) is 0 Å². The second-order valence-electron chi connectivity index (χ2n) is 9.41. The molecule has 5 rings (SSSR count). The third kappa shape index (κ3) is 4.02. The van der Waals surface area contributed by atoms with E-state index in [0.29, 0.717) is 25.9 Å². The van der Waals surface area contributed by atoms with Crippen molar-refractivity contribution in [3.05, 3.63) is 23.8 Å². The van der Waals surface area contributed by atoms with Crippen LogP contribution in [0.4, 0.5) is 25.0 Å². The summed E-state index contributed by atoms with van der Waals surface area (Å²) in [6, 6.07) is 2.23. The third-order valence-corrected chi connectivity index (χ3v) is 8.94. The summed E-state index contributed by atoms with van der Waals surface area (Å²) in [5, 5.41) is 2.74. The zero-order valence-electron chi connectivity index (χ0n) is 17.5. The molecule has 4 fully saturated rings. The molecule has 1 aliphatic carbocycles. The van der Waals surface area contributed by atoms with Gasteiger partial charge in [-0.1, -0.05) is 0 Å². The molecule has 3 heterocycles. The van der Waals surface area contributed by atoms with Gasteiger partial charge in [0, 0.05) is 36.6 Å². The molecule has 1 atom stereocenters. The lowest BCUT2D eigenvalue weighted by atomic mass is 9.81. The predicted molar refractivity (Wildman–Crippen MR) is 112 cm³/mol. The van der Waals surface area contributed by atoms with Crippen molar-refractivity contribution in [2.24, 2.45) is 11.3 Å². The molecule has 11 heteroatoms. The highest BCUT2D eigenvalue weighted by Crippen LogP contribution is 2.44. The van der Waals surface area contributed by atoms with Crippen LogP contribution in [-0.4, -0.2) is 64.2 Å². The van der Waals surface area contributed by atoms with E-state index in [1.165, 1.54) is 0 Å². The number of ether oxygens (including phenoxy) is 1. The monoisotopic (exact) mass is 469 g/mol. The molecular formula is C21H25F2N3O5S. The molecule has 1 N–H and O–H groups in total. The van der Waals surface area contributed by atoms with Crippen LogP contribution in [0.5, 0.6) is 0 Å². The maximum absolute atomic E-state index is 14.9. The summed E-state index contributed by atoms with van der Waals surface area (Å²) < 4.78 is 58.2. The fourth-order valence-electron chi connectivity index (χ4n) is 4.94. The standard InChI is InChI=1S/C21H25F2N3O5S/c22-16-7-14(26-10-15(31-20(26)28)9-24-19(27)13-1-2-13)8-17(23)18(16)25-5-3-21(4-6-25)11-32(29,30)12-21/h7-8,13,15H,1-6,9-12H2,(H,24,27). The molecule has 2 amide bonds. The Morgan fingerprint density at radius 2 is 1.78 bits per heavy atom. The summed E-state index contributed by atoms with van der Waals surface area (Å²) in [7, 11) is -2.96. The van der Waals surface area contributed by atoms with Gasteiger partial charge in [-0.25, -0.2) is 22.0 Å². The number of nitrogens with zero attached hydrogens (tertiary/aromatic N) is 2. The summed E-state index contributed by atoms with van der Waals surface area (Å²) in [5.74, 6) is -1.29. The first-order valence-corrected chi connectivity index (χ1v) is 12.7. The van der Waals surface area contributed by atoms with Gasteiger partial charge in [-0.3, -0.25) is 9.69 Å². The van der Waals surface area contributed by atoms with Crippen molar-refractivity contribution < 1.29 is 31.5 Å². The summed E-state index contributed by atoms with van der Waals surface area (Å²) in [6.45, 7) is 0.989. The number of cyclic esters (lactones) is 1. The normalized spacial score (nSPS) is 26.1. The Morgan fingerprint density at radius 3 is 2.34 bits per heavy atom. The maximum atomic E-state index is 14.9. The summed E-state index contributed by atoms with van der Waals surface area (Å²) in [6.07, 6.45) is 1.56. The average Bonchev–Trinajstić information content (AvgIpc) is 3.48. The number of hydrogen-bond donors (Lipinski definition) is 1. The lowest BCUT2D eigenvalue weighted by molar-refractivity contribution is -0.122. The SMILES string of the molecule is O=C(NCC1CN(c2cc(F)c(N3CCC4(CC3)CS(=O)(=O)C4)c(F)c2)C(=O)O1)C1CC1. The second kappa shape index (κ2) is 7.57. The summed E-state index contributed by atoms with van der Waals surface area (Å²) in [5.41, 5.74) is -0.360. The van der Waals surface area contributed by atoms with Crippen LogP contribution < -0.4 is 15.1 Å². The number of benzene rings is 1. The van der Waals surface area contributed by atoms with Gasteiger partial charge in [0.25, 0.3) is 0 Å². The van der Waals surface area contributed by atoms with Gasteiger partial charge in [0.2, 0.25) is 5.91 Å². The van der Waals surface area contributed by atoms with Crippen LogP contribution >= 0.6 is 0 Å². The van der Waals surface area contributed by atoms with Crippen molar-refractivity contribution >= 4 is 33.2 Å². The van der Waals surface area contributed by atoms with Gasteiger partial charge in [-0.05, 0) is 25.7 Å². The quantitative estimate of drug-likeness (QED) is 0.707. The van der Waals surface area contributed by atoms with Crippen LogP contribution in [-0.2, 0) is 19.4 Å². The number of anilines is 2. The van der Waals surface area contributed by atoms with E-state index < -0.39 is 33.7 Å². The van der Waals surface area contributed by atoms with Crippen molar-refractivity contribution in [1.82, 2.24) is 5.32 Å². The van der Waals surface area contributed by atoms with Crippen LogP contribution in [0.3, 0.4) is 0 Å². The van der Waals surface area contributed by atoms with E-state index >= 15 is 0 Å². The van der Waals surface area contributed by atoms with Crippen molar-refractivity contribution in [3.8, 4) is 0 Å². The van der Waals surface area contributed by atoms with Crippen LogP contribution in [0.25, 0.3) is 0 Å². The fraction of sp³-hybridized carbons (Fsp3) is 0.619. The highest BCUT2D eigenvalue weighted by molar-refractivity contribution is 7.92. The number of halogens is 2. The molecule has 8 nitrogen and oxygen atoms in total. The van der Waals surface area contributed by atoms with E-state index in [4.69, 9.17) is 4.74 Å². The number of carbonyl (C=O) groups is 2. The molecule has 1 aromatic carbocycles. The molecule has 1 aromatic rings. The van der Waals surface area contributed by atoms with Gasteiger partial charge in [-0.2, -0.15) is 0 Å². The second-order valence-corrected chi connectivity index (χ2v) is 11.5. The fourth-order valence-corrected chi connectivity index (χ4v) is 7.30. The Morgan fingerprint density at radius 1 is 1.16 bits per heavy atom. The van der Waals surface area contributed by atoms with Crippen molar-refractivity contribution in [1.29, 1.82) is 0 Å². The lowest BCUT2D eigenvalue weighted by Crippen LogP contribution is -2.54. The molecule has 1 saturated carbocycles. The number of sulfone groups is 1. The number of hydrogen-bond acceptors (Lipinski definition) is 6. The summed E-state index contributed by atoms with van der Waals surface area (Å²) >= 11 is 0. The maximum Gasteiger partial charge on any atom is 0.414 e. The Bertz CT molecular complexity index is 1030. The van der Waals surface area contributed by atoms with E-state index in [-0.39, 0.29) is 53.2 Å². The number of rotatable bonds is 5. The van der Waals surface area contributed by atoms with E-state index in [1.807, 2.05) is 0 Å². The lowest BCUT2D eigenvalue weighted by Gasteiger charge is -2.47. The first-order chi connectivity index (χ1) is 15.1. The van der Waals surface area contributed by atoms with E-state index in [1.54, 1.807) is 4.90 Å². The van der Waals surface area contributed by atoms with Crippen molar-refractivity contribution in [3.63, 3.8) is 0 Å². The topological polar surface area (TPSA) is 96.0 Å². The Labute approximate surface area is 184 Å². The molecule has 32 heavy (non-hydrogen) atoms. The molecule has 0 radical (unpaired) electrons. The Kier molecular flexibility index (Phi) is 5.06. The molecule has 3 saturated heterocycles. The summed E-state index contributed by atoms with van der Waals surface area (Å²) in [4.78, 5) is 26.8. The molecule has 0 bridgehead atoms. The first-order valence-electron chi connectivity index (χ1n) is 10.9. The number of carbonyl (C=O) groups excluding carboxylic acids is 2. The third-order valence-electron chi connectivity index (χ3n) is 6.83. The van der Waals surface area contributed by atoms with Crippen LogP contribution in [0, 0.1) is 23.0 Å². The minimum Gasteiger partial charge on any atom is -0.442 e. The van der Waals surface area contributed by atoms with Gasteiger partial charge < -0.3 is 15.0 Å². The highest BCUT2D eigenvalue weighted by atomic mass is 32.2. The van der Waals surface area contributed by atoms with Crippen LogP contribution in [0.1, 0.15) is 25.7 Å². The molecule has 174 valence electrons. The van der Waals surface area contributed by atoms with Gasteiger partial charge in [0.1, 0.15) is 11.8 Å². The molecule has 1 unspecified atom stereocenters. The van der Waals surface area contributed by atoms with Gasteiger partial charge in [0.05, 0.1) is 30.3 Å². The molecule has 3 aliphatic heterocycles. The first kappa shape index (κ1) is 21.4. The Hall–Kier alpha value is -2.43. The Balaban J connectivity index is 1.24. The van der Waals surface area contributed by atoms with Crippen molar-refractivity contribution in [2.75, 3.05) is 47.5 Å². The van der Waals surface area contributed by atoms with Crippen molar-refractivity contribution in [2.45, 2.75) is 31.8 Å². The highest BCUT2D eigenvalue weighted by Gasteiger charge is 2.50. The smallest absolute Gasteiger partial charge is 0.414 e. The molecule has 4 aliphatic rings. The van der Waals surface area contributed by atoms with Crippen LogP contribution in [0.15, 0.2) is 12.1 Å². The minimum absolute atomic E-state index is 0.0392. The molecular weight excluding hydrogens is 444 g/mol.